The van der Waals surface area contributed by atoms with Crippen LogP contribution in [0.5, 0.6) is 0 Å². The zero-order valence-corrected chi connectivity index (χ0v) is 16.8. The Bertz CT molecular complexity index is 1200. The van der Waals surface area contributed by atoms with Crippen LogP contribution in [0, 0.1) is 5.41 Å². The van der Waals surface area contributed by atoms with E-state index in [0.29, 0.717) is 5.41 Å². The maximum Gasteiger partial charge on any atom is 0.213 e. The van der Waals surface area contributed by atoms with E-state index in [1.165, 1.54) is 6.42 Å². The second-order valence-electron chi connectivity index (χ2n) is 8.23. The zero-order chi connectivity index (χ0) is 19.4. The minimum atomic E-state index is 0.373. The molecule has 3 aromatic heterocycles. The van der Waals surface area contributed by atoms with Crippen LogP contribution in [0.3, 0.4) is 0 Å². The van der Waals surface area contributed by atoms with Crippen molar-refractivity contribution in [2.24, 2.45) is 5.41 Å². The Hall–Kier alpha value is -2.57. The molecule has 1 aromatic carbocycles. The largest absolute Gasteiger partial charge is 0.381 e. The number of aromatic amines is 1. The number of hydrogen-bond acceptors (Lipinski definition) is 4. The molecule has 1 spiro atoms. The van der Waals surface area contributed by atoms with E-state index < -0.39 is 0 Å². The van der Waals surface area contributed by atoms with Crippen molar-refractivity contribution in [1.82, 2.24) is 19.4 Å². The molecule has 0 bridgehead atoms. The van der Waals surface area contributed by atoms with Gasteiger partial charge in [0.2, 0.25) is 5.95 Å². The Labute approximate surface area is 173 Å². The van der Waals surface area contributed by atoms with E-state index in [4.69, 9.17) is 21.3 Å². The summed E-state index contributed by atoms with van der Waals surface area (Å²) in [6.45, 7) is 3.80. The summed E-state index contributed by atoms with van der Waals surface area (Å²) in [5.74, 6) is 0.950. The van der Waals surface area contributed by atoms with Gasteiger partial charge in [0.1, 0.15) is 5.65 Å². The van der Waals surface area contributed by atoms with Crippen molar-refractivity contribution >= 4 is 34.2 Å². The lowest BCUT2D eigenvalue weighted by molar-refractivity contribution is 0.133. The summed E-state index contributed by atoms with van der Waals surface area (Å²) in [6, 6.07) is 7.89. The number of rotatable bonds is 2. The maximum absolute atomic E-state index is 6.47. The molecule has 7 heteroatoms. The van der Waals surface area contributed by atoms with E-state index in [0.717, 1.165) is 77.9 Å². The molecule has 0 atom stereocenters. The number of nitrogens with one attached hydrogen (secondary N) is 1. The van der Waals surface area contributed by atoms with Crippen LogP contribution in [-0.2, 0) is 4.74 Å². The number of nitrogens with zero attached hydrogens (tertiary/aromatic N) is 4. The summed E-state index contributed by atoms with van der Waals surface area (Å²) in [4.78, 5) is 15.4. The van der Waals surface area contributed by atoms with Gasteiger partial charge in [-0.1, -0.05) is 29.8 Å². The number of halogens is 1. The SMILES string of the molecule is Clc1ccccc1-c1c[nH]c2nc(N3CCC4(CCOC4)CC3)n3ccnc3c12. The number of imidazole rings is 1. The molecule has 0 aliphatic carbocycles. The smallest absolute Gasteiger partial charge is 0.213 e. The van der Waals surface area contributed by atoms with Gasteiger partial charge in [0.05, 0.1) is 12.0 Å². The van der Waals surface area contributed by atoms with Crippen molar-refractivity contribution < 1.29 is 4.74 Å². The number of piperidine rings is 1. The molecular formula is C22H22ClN5O. The highest BCUT2D eigenvalue weighted by Gasteiger charge is 2.38. The maximum atomic E-state index is 6.47. The third kappa shape index (κ3) is 2.66. The minimum Gasteiger partial charge on any atom is -0.381 e. The van der Waals surface area contributed by atoms with Crippen molar-refractivity contribution in [3.8, 4) is 11.1 Å². The molecule has 6 nitrogen and oxygen atoms in total. The molecule has 2 fully saturated rings. The van der Waals surface area contributed by atoms with Crippen molar-refractivity contribution in [2.75, 3.05) is 31.2 Å². The molecule has 6 rings (SSSR count). The highest BCUT2D eigenvalue weighted by atomic mass is 35.5. The van der Waals surface area contributed by atoms with Crippen LogP contribution in [-0.4, -0.2) is 45.7 Å². The quantitative estimate of drug-likeness (QED) is 0.530. The van der Waals surface area contributed by atoms with Gasteiger partial charge in [-0.15, -0.1) is 0 Å². The first kappa shape index (κ1) is 17.3. The molecule has 2 aliphatic heterocycles. The van der Waals surface area contributed by atoms with Gasteiger partial charge in [-0.25, -0.2) is 4.98 Å². The fourth-order valence-electron chi connectivity index (χ4n) is 4.87. The third-order valence-corrected chi connectivity index (χ3v) is 6.94. The summed E-state index contributed by atoms with van der Waals surface area (Å²) in [6.07, 6.45) is 9.32. The Morgan fingerprint density at radius 1 is 1.10 bits per heavy atom. The second-order valence-corrected chi connectivity index (χ2v) is 8.64. The molecule has 1 N–H and O–H groups in total. The van der Waals surface area contributed by atoms with Crippen LogP contribution in [0.1, 0.15) is 19.3 Å². The van der Waals surface area contributed by atoms with Gasteiger partial charge in [-0.05, 0) is 30.7 Å². The van der Waals surface area contributed by atoms with E-state index in [-0.39, 0.29) is 0 Å². The van der Waals surface area contributed by atoms with Crippen molar-refractivity contribution in [1.29, 1.82) is 0 Å². The average Bonchev–Trinajstić information content (AvgIpc) is 3.48. The standard InChI is InChI=1S/C22H22ClN5O/c23-17-4-2-1-3-15(17)16-13-25-19-18(16)20-24-8-11-28(20)21(26-19)27-9-5-22(6-10-27)7-12-29-14-22/h1-4,8,11,13,25H,5-7,9-10,12,14H2. The zero-order valence-electron chi connectivity index (χ0n) is 16.1. The molecule has 148 valence electrons. The summed E-state index contributed by atoms with van der Waals surface area (Å²) >= 11 is 6.47. The van der Waals surface area contributed by atoms with Crippen LogP contribution >= 0.6 is 11.6 Å². The van der Waals surface area contributed by atoms with E-state index >= 15 is 0 Å². The van der Waals surface area contributed by atoms with Crippen LogP contribution in [0.2, 0.25) is 5.02 Å². The normalized spacial score (nSPS) is 19.0. The second kappa shape index (κ2) is 6.47. The molecule has 0 unspecified atom stereocenters. The fourth-order valence-corrected chi connectivity index (χ4v) is 5.11. The Balaban J connectivity index is 1.45. The lowest BCUT2D eigenvalue weighted by atomic mass is 9.78. The van der Waals surface area contributed by atoms with E-state index in [9.17, 15) is 0 Å². The fraction of sp³-hybridized carbons (Fsp3) is 0.364. The van der Waals surface area contributed by atoms with E-state index in [1.54, 1.807) is 0 Å². The van der Waals surface area contributed by atoms with Crippen molar-refractivity contribution in [3.63, 3.8) is 0 Å². The summed E-state index contributed by atoms with van der Waals surface area (Å²) < 4.78 is 7.79. The van der Waals surface area contributed by atoms with Crippen molar-refractivity contribution in [3.05, 3.63) is 47.9 Å². The Morgan fingerprint density at radius 3 is 2.76 bits per heavy atom. The third-order valence-electron chi connectivity index (χ3n) is 6.61. The Kier molecular flexibility index (Phi) is 3.86. The lowest BCUT2D eigenvalue weighted by Gasteiger charge is -2.38. The topological polar surface area (TPSA) is 58.5 Å². The van der Waals surface area contributed by atoms with Gasteiger partial charge in [-0.2, -0.15) is 4.98 Å². The molecule has 0 saturated carbocycles. The molecule has 0 amide bonds. The molecule has 5 heterocycles. The first-order valence-corrected chi connectivity index (χ1v) is 10.5. The molecule has 2 saturated heterocycles. The number of H-pyrrole nitrogens is 1. The predicted molar refractivity (Wildman–Crippen MR) is 115 cm³/mol. The van der Waals surface area contributed by atoms with Crippen molar-refractivity contribution in [2.45, 2.75) is 19.3 Å². The lowest BCUT2D eigenvalue weighted by Crippen LogP contribution is -2.41. The molecule has 0 radical (unpaired) electrons. The first-order chi connectivity index (χ1) is 14.2. The number of hydrogen-bond donors (Lipinski definition) is 1. The van der Waals surface area contributed by atoms with E-state index in [2.05, 4.69) is 19.3 Å². The Morgan fingerprint density at radius 2 is 1.97 bits per heavy atom. The van der Waals surface area contributed by atoms with Crippen LogP contribution < -0.4 is 4.90 Å². The average molecular weight is 408 g/mol. The number of fused-ring (bicyclic) bond motifs is 3. The molecule has 29 heavy (non-hydrogen) atoms. The highest BCUT2D eigenvalue weighted by Crippen LogP contribution is 2.41. The van der Waals surface area contributed by atoms with Gasteiger partial charge < -0.3 is 14.6 Å². The molecule has 4 aromatic rings. The predicted octanol–water partition coefficient (Wildman–Crippen LogP) is 4.54. The van der Waals surface area contributed by atoms with Gasteiger partial charge in [0, 0.05) is 54.4 Å². The van der Waals surface area contributed by atoms with Gasteiger partial charge in [0.15, 0.2) is 5.65 Å². The number of aromatic nitrogens is 4. The van der Waals surface area contributed by atoms with Gasteiger partial charge in [-0.3, -0.25) is 4.40 Å². The minimum absolute atomic E-state index is 0.373. The molecular weight excluding hydrogens is 386 g/mol. The van der Waals surface area contributed by atoms with Crippen LogP contribution in [0.15, 0.2) is 42.9 Å². The van der Waals surface area contributed by atoms with E-state index in [1.807, 2.05) is 42.9 Å². The molecule has 2 aliphatic rings. The summed E-state index contributed by atoms with van der Waals surface area (Å²) in [5.41, 5.74) is 4.14. The van der Waals surface area contributed by atoms with Crippen LogP contribution in [0.4, 0.5) is 5.95 Å². The van der Waals surface area contributed by atoms with Crippen LogP contribution in [0.25, 0.3) is 27.8 Å². The monoisotopic (exact) mass is 407 g/mol. The number of ether oxygens (including phenoxy) is 1. The number of benzene rings is 1. The van der Waals surface area contributed by atoms with Gasteiger partial charge in [0.25, 0.3) is 0 Å². The highest BCUT2D eigenvalue weighted by molar-refractivity contribution is 6.33. The van der Waals surface area contributed by atoms with Gasteiger partial charge >= 0.3 is 0 Å². The number of anilines is 1. The summed E-state index contributed by atoms with van der Waals surface area (Å²) in [5, 5.41) is 1.73. The summed E-state index contributed by atoms with van der Waals surface area (Å²) in [7, 11) is 0. The first-order valence-electron chi connectivity index (χ1n) is 10.2.